The van der Waals surface area contributed by atoms with Crippen LogP contribution in [0.15, 0.2) is 17.2 Å². The van der Waals surface area contributed by atoms with Crippen molar-refractivity contribution in [1.82, 2.24) is 25.1 Å². The molecule has 0 aliphatic heterocycles. The molecule has 0 aromatic carbocycles. The molecule has 0 saturated heterocycles. The van der Waals surface area contributed by atoms with E-state index in [1.807, 2.05) is 13.8 Å². The van der Waals surface area contributed by atoms with Crippen LogP contribution in [-0.4, -0.2) is 25.7 Å². The lowest BCUT2D eigenvalue weighted by Crippen LogP contribution is -2.28. The second kappa shape index (κ2) is 4.91. The highest BCUT2D eigenvalue weighted by Crippen LogP contribution is 2.02. The number of imidazole rings is 1. The van der Waals surface area contributed by atoms with E-state index in [1.54, 1.807) is 6.20 Å². The van der Waals surface area contributed by atoms with Crippen molar-refractivity contribution in [2.75, 3.05) is 0 Å². The van der Waals surface area contributed by atoms with E-state index >= 15 is 0 Å². The van der Waals surface area contributed by atoms with Crippen molar-refractivity contribution in [3.63, 3.8) is 0 Å². The van der Waals surface area contributed by atoms with Gasteiger partial charge in [-0.25, -0.2) is 4.79 Å². The molecule has 2 aromatic heterocycles. The first-order chi connectivity index (χ1) is 8.63. The summed E-state index contributed by atoms with van der Waals surface area (Å²) in [5.41, 5.74) is 1.89. The highest BCUT2D eigenvalue weighted by atomic mass is 16.2. The molecular weight excluding hydrogens is 234 g/mol. The summed E-state index contributed by atoms with van der Waals surface area (Å²) in [6.45, 7) is 4.52. The number of aromatic nitrogens is 4. The van der Waals surface area contributed by atoms with Crippen LogP contribution in [0.2, 0.25) is 0 Å². The SMILES string of the molecule is CCn1c(C(=O)NCc2[nH]ncc2C)c[nH]c1=O. The molecular formula is C11H15N5O2. The number of nitrogens with zero attached hydrogens (tertiary/aromatic N) is 2. The molecule has 7 nitrogen and oxygen atoms in total. The van der Waals surface area contributed by atoms with Crippen molar-refractivity contribution in [3.05, 3.63) is 39.8 Å². The van der Waals surface area contributed by atoms with Crippen molar-refractivity contribution >= 4 is 5.91 Å². The zero-order chi connectivity index (χ0) is 13.1. The molecule has 0 aliphatic rings. The third-order valence-corrected chi connectivity index (χ3v) is 2.78. The van der Waals surface area contributed by atoms with Gasteiger partial charge in [0.05, 0.1) is 18.4 Å². The number of aryl methyl sites for hydroxylation is 1. The zero-order valence-corrected chi connectivity index (χ0v) is 10.3. The van der Waals surface area contributed by atoms with Crippen LogP contribution in [0.5, 0.6) is 0 Å². The number of hydrogen-bond acceptors (Lipinski definition) is 3. The van der Waals surface area contributed by atoms with E-state index < -0.39 is 0 Å². The number of H-pyrrole nitrogens is 2. The zero-order valence-electron chi connectivity index (χ0n) is 10.3. The number of rotatable bonds is 4. The molecule has 2 aromatic rings. The Balaban J connectivity index is 2.08. The summed E-state index contributed by atoms with van der Waals surface area (Å²) in [6.07, 6.45) is 3.11. The maximum absolute atomic E-state index is 11.9. The van der Waals surface area contributed by atoms with Gasteiger partial charge in [0.25, 0.3) is 5.91 Å². The summed E-state index contributed by atoms with van der Waals surface area (Å²) >= 11 is 0. The average molecular weight is 249 g/mol. The standard InChI is InChI=1S/C11H15N5O2/c1-3-16-9(6-13-11(16)18)10(17)12-5-8-7(2)4-14-15-8/h4,6H,3,5H2,1-2H3,(H,12,17)(H,13,18)(H,14,15). The van der Waals surface area contributed by atoms with E-state index in [-0.39, 0.29) is 11.6 Å². The van der Waals surface area contributed by atoms with Gasteiger partial charge in [0.2, 0.25) is 0 Å². The Morgan fingerprint density at radius 3 is 2.94 bits per heavy atom. The smallest absolute Gasteiger partial charge is 0.326 e. The van der Waals surface area contributed by atoms with Crippen LogP contribution in [0.1, 0.15) is 28.7 Å². The van der Waals surface area contributed by atoms with Crippen LogP contribution in [0.25, 0.3) is 0 Å². The fraction of sp³-hybridized carbons (Fsp3) is 0.364. The Hall–Kier alpha value is -2.31. The van der Waals surface area contributed by atoms with Crippen molar-refractivity contribution in [1.29, 1.82) is 0 Å². The Bertz CT molecular complexity index is 607. The minimum atomic E-state index is -0.288. The van der Waals surface area contributed by atoms with E-state index in [4.69, 9.17) is 0 Å². The summed E-state index contributed by atoms with van der Waals surface area (Å²) in [5, 5.41) is 9.42. The molecule has 0 fully saturated rings. The minimum Gasteiger partial charge on any atom is -0.345 e. The van der Waals surface area contributed by atoms with Crippen LogP contribution in [0, 0.1) is 6.92 Å². The first-order valence-corrected chi connectivity index (χ1v) is 5.68. The summed E-state index contributed by atoms with van der Waals surface area (Å²) in [7, 11) is 0. The molecule has 2 rings (SSSR count). The molecule has 96 valence electrons. The molecule has 1 amide bonds. The van der Waals surface area contributed by atoms with Crippen molar-refractivity contribution < 1.29 is 4.79 Å². The van der Waals surface area contributed by atoms with Crippen molar-refractivity contribution in [2.45, 2.75) is 26.9 Å². The van der Waals surface area contributed by atoms with E-state index in [0.717, 1.165) is 11.3 Å². The van der Waals surface area contributed by atoms with Crippen LogP contribution in [0.4, 0.5) is 0 Å². The molecule has 3 N–H and O–H groups in total. The van der Waals surface area contributed by atoms with Gasteiger partial charge >= 0.3 is 5.69 Å². The highest BCUT2D eigenvalue weighted by Gasteiger charge is 2.13. The molecule has 0 spiro atoms. The Morgan fingerprint density at radius 1 is 1.56 bits per heavy atom. The number of carbonyl (C=O) groups is 1. The second-order valence-corrected chi connectivity index (χ2v) is 3.94. The molecule has 7 heteroatoms. The van der Waals surface area contributed by atoms with Gasteiger partial charge in [-0.1, -0.05) is 0 Å². The van der Waals surface area contributed by atoms with E-state index in [0.29, 0.717) is 18.8 Å². The van der Waals surface area contributed by atoms with Crippen LogP contribution in [0.3, 0.4) is 0 Å². The normalized spacial score (nSPS) is 10.6. The fourth-order valence-electron chi connectivity index (χ4n) is 1.71. The summed E-state index contributed by atoms with van der Waals surface area (Å²) in [4.78, 5) is 25.8. The maximum atomic E-state index is 11.9. The second-order valence-electron chi connectivity index (χ2n) is 3.94. The molecule has 0 saturated carbocycles. The number of aromatic amines is 2. The van der Waals surface area contributed by atoms with Gasteiger partial charge in [-0.05, 0) is 19.4 Å². The summed E-state index contributed by atoms with van der Waals surface area (Å²) < 4.78 is 1.38. The Labute approximate surface area is 103 Å². The van der Waals surface area contributed by atoms with Gasteiger partial charge in [-0.2, -0.15) is 5.10 Å². The lowest BCUT2D eigenvalue weighted by Gasteiger charge is -2.05. The van der Waals surface area contributed by atoms with Gasteiger partial charge in [-0.15, -0.1) is 0 Å². The molecule has 0 bridgehead atoms. The van der Waals surface area contributed by atoms with E-state index in [2.05, 4.69) is 20.5 Å². The number of amides is 1. The Kier molecular flexibility index (Phi) is 3.31. The molecule has 18 heavy (non-hydrogen) atoms. The third kappa shape index (κ3) is 2.20. The lowest BCUT2D eigenvalue weighted by atomic mass is 10.3. The van der Waals surface area contributed by atoms with Crippen molar-refractivity contribution in [3.8, 4) is 0 Å². The minimum absolute atomic E-state index is 0.277. The summed E-state index contributed by atoms with van der Waals surface area (Å²) in [6, 6.07) is 0. The molecule has 0 unspecified atom stereocenters. The fourth-order valence-corrected chi connectivity index (χ4v) is 1.71. The summed E-state index contributed by atoms with van der Waals surface area (Å²) in [5.74, 6) is -0.288. The monoisotopic (exact) mass is 249 g/mol. The van der Waals surface area contributed by atoms with Gasteiger partial charge < -0.3 is 10.3 Å². The van der Waals surface area contributed by atoms with Crippen LogP contribution < -0.4 is 11.0 Å². The number of carbonyl (C=O) groups excluding carboxylic acids is 1. The van der Waals surface area contributed by atoms with Gasteiger partial charge in [0.1, 0.15) is 5.69 Å². The topological polar surface area (TPSA) is 95.6 Å². The van der Waals surface area contributed by atoms with Crippen LogP contribution >= 0.6 is 0 Å². The van der Waals surface area contributed by atoms with E-state index in [9.17, 15) is 9.59 Å². The number of hydrogen-bond donors (Lipinski definition) is 3. The van der Waals surface area contributed by atoms with Crippen molar-refractivity contribution in [2.24, 2.45) is 0 Å². The predicted octanol–water partition coefficient (Wildman–Crippen LogP) is 0.158. The molecule has 2 heterocycles. The van der Waals surface area contributed by atoms with E-state index in [1.165, 1.54) is 10.8 Å². The Morgan fingerprint density at radius 2 is 2.33 bits per heavy atom. The predicted molar refractivity (Wildman–Crippen MR) is 65.2 cm³/mol. The number of nitrogens with one attached hydrogen (secondary N) is 3. The first-order valence-electron chi connectivity index (χ1n) is 5.68. The largest absolute Gasteiger partial charge is 0.345 e. The van der Waals surface area contributed by atoms with Gasteiger partial charge in [-0.3, -0.25) is 14.5 Å². The lowest BCUT2D eigenvalue weighted by molar-refractivity contribution is 0.0941. The van der Waals surface area contributed by atoms with Gasteiger partial charge in [0.15, 0.2) is 0 Å². The molecule has 0 atom stereocenters. The maximum Gasteiger partial charge on any atom is 0.326 e. The third-order valence-electron chi connectivity index (χ3n) is 2.78. The molecule has 0 aliphatic carbocycles. The quantitative estimate of drug-likeness (QED) is 0.720. The van der Waals surface area contributed by atoms with Crippen LogP contribution in [-0.2, 0) is 13.1 Å². The highest BCUT2D eigenvalue weighted by molar-refractivity contribution is 5.92. The molecule has 0 radical (unpaired) electrons. The first kappa shape index (κ1) is 12.2. The van der Waals surface area contributed by atoms with Gasteiger partial charge in [0, 0.05) is 12.7 Å². The average Bonchev–Trinajstić information content (AvgIpc) is 2.92.